The number of fused-ring (bicyclic) bond motifs is 3. The zero-order chi connectivity index (χ0) is 20.4. The second-order valence-corrected chi connectivity index (χ2v) is 8.07. The molecule has 6 nitrogen and oxygen atoms in total. The highest BCUT2D eigenvalue weighted by atomic mass is 32.1. The topological polar surface area (TPSA) is 70.2 Å². The van der Waals surface area contributed by atoms with E-state index < -0.39 is 0 Å². The van der Waals surface area contributed by atoms with E-state index in [0.29, 0.717) is 31.1 Å². The summed E-state index contributed by atoms with van der Waals surface area (Å²) in [6.45, 7) is 3.77. The minimum atomic E-state index is -0.323. The Morgan fingerprint density at radius 2 is 2.24 bits per heavy atom. The zero-order valence-electron chi connectivity index (χ0n) is 16.3. The Hall–Kier alpha value is -2.84. The molecule has 0 atom stereocenters. The van der Waals surface area contributed by atoms with Gasteiger partial charge in [0.25, 0.3) is 0 Å². The van der Waals surface area contributed by atoms with Crippen molar-refractivity contribution in [3.8, 4) is 0 Å². The van der Waals surface area contributed by atoms with Crippen LogP contribution in [0.2, 0.25) is 0 Å². The highest BCUT2D eigenvalue weighted by Gasteiger charge is 2.25. The molecule has 0 spiro atoms. The van der Waals surface area contributed by atoms with Crippen LogP contribution < -0.4 is 10.6 Å². The second-order valence-electron chi connectivity index (χ2n) is 6.98. The van der Waals surface area contributed by atoms with Crippen LogP contribution in [0.15, 0.2) is 36.7 Å². The van der Waals surface area contributed by atoms with Gasteiger partial charge in [-0.05, 0) is 43.7 Å². The second kappa shape index (κ2) is 8.26. The first kappa shape index (κ1) is 19.5. The molecule has 3 heterocycles. The Bertz CT molecular complexity index is 1090. The van der Waals surface area contributed by atoms with Crippen LogP contribution in [0.25, 0.3) is 10.2 Å². The molecule has 1 amide bonds. The molecule has 0 saturated carbocycles. The van der Waals surface area contributed by atoms with Gasteiger partial charge in [-0.1, -0.05) is 12.1 Å². The van der Waals surface area contributed by atoms with Gasteiger partial charge in [-0.15, -0.1) is 11.3 Å². The fourth-order valence-electron chi connectivity index (χ4n) is 3.46. The summed E-state index contributed by atoms with van der Waals surface area (Å²) in [7, 11) is 1.84. The van der Waals surface area contributed by atoms with E-state index in [9.17, 15) is 9.18 Å². The molecule has 0 unspecified atom stereocenters. The molecular weight excluding hydrogens is 389 g/mol. The van der Waals surface area contributed by atoms with E-state index in [4.69, 9.17) is 0 Å². The van der Waals surface area contributed by atoms with Crippen molar-refractivity contribution in [2.24, 2.45) is 0 Å². The number of hydrogen-bond acceptors (Lipinski definition) is 6. The van der Waals surface area contributed by atoms with Crippen LogP contribution in [0.3, 0.4) is 0 Å². The van der Waals surface area contributed by atoms with Crippen LogP contribution in [-0.2, 0) is 17.8 Å². The van der Waals surface area contributed by atoms with Crippen LogP contribution in [0.1, 0.15) is 16.0 Å². The molecule has 4 rings (SSSR count). The molecule has 1 aromatic carbocycles. The van der Waals surface area contributed by atoms with E-state index in [1.54, 1.807) is 29.5 Å². The summed E-state index contributed by atoms with van der Waals surface area (Å²) in [5.41, 5.74) is 2.50. The van der Waals surface area contributed by atoms with Gasteiger partial charge in [0, 0.05) is 24.0 Å². The number of nitrogens with one attached hydrogen (secondary N) is 2. The monoisotopic (exact) mass is 411 g/mol. The number of aryl methyl sites for hydroxylation is 1. The summed E-state index contributed by atoms with van der Waals surface area (Å²) in [4.78, 5) is 25.0. The summed E-state index contributed by atoms with van der Waals surface area (Å²) in [6.07, 6.45) is 5.65. The fourth-order valence-corrected chi connectivity index (χ4v) is 4.66. The maximum Gasteiger partial charge on any atom is 0.246 e. The van der Waals surface area contributed by atoms with E-state index >= 15 is 0 Å². The molecule has 0 fully saturated rings. The largest absolute Gasteiger partial charge is 0.337 e. The lowest BCUT2D eigenvalue weighted by atomic mass is 10.0. The summed E-state index contributed by atoms with van der Waals surface area (Å²) in [5.74, 6) is 0.289. The molecular formula is C21H22FN5OS. The predicted molar refractivity (Wildman–Crippen MR) is 114 cm³/mol. The van der Waals surface area contributed by atoms with Crippen molar-refractivity contribution < 1.29 is 9.18 Å². The van der Waals surface area contributed by atoms with Gasteiger partial charge in [0.15, 0.2) is 0 Å². The molecule has 8 heteroatoms. The third-order valence-electron chi connectivity index (χ3n) is 4.91. The van der Waals surface area contributed by atoms with Crippen LogP contribution >= 0.6 is 11.3 Å². The summed E-state index contributed by atoms with van der Waals surface area (Å²) in [5, 5.41) is 7.05. The number of nitrogens with zero attached hydrogens (tertiary/aromatic N) is 3. The van der Waals surface area contributed by atoms with E-state index in [2.05, 4.69) is 20.6 Å². The highest BCUT2D eigenvalue weighted by Crippen LogP contribution is 2.38. The van der Waals surface area contributed by atoms with Crippen molar-refractivity contribution in [1.82, 2.24) is 20.2 Å². The molecule has 2 N–H and O–H groups in total. The van der Waals surface area contributed by atoms with Crippen molar-refractivity contribution in [3.05, 3.63) is 58.5 Å². The van der Waals surface area contributed by atoms with Gasteiger partial charge in [-0.25, -0.2) is 14.4 Å². The van der Waals surface area contributed by atoms with Crippen molar-refractivity contribution >= 4 is 39.0 Å². The third kappa shape index (κ3) is 3.99. The number of carbonyl (C=O) groups is 1. The van der Waals surface area contributed by atoms with E-state index in [0.717, 1.165) is 32.6 Å². The molecule has 1 aliphatic rings. The van der Waals surface area contributed by atoms with Crippen LogP contribution in [0, 0.1) is 12.7 Å². The standard InChI is InChI=1S/C21H22FN5OS/c1-13-5-6-15(22)16(10-13)26-20-19-14-7-9-27(18(28)4-3-8-23-2)11-17(14)29-21(19)25-12-24-20/h3-6,10,12,23H,7-9,11H2,1-2H3,(H,24,25,26)/b4-3+. The van der Waals surface area contributed by atoms with Crippen molar-refractivity contribution in [3.63, 3.8) is 0 Å². The van der Waals surface area contributed by atoms with Crippen LogP contribution in [0.5, 0.6) is 0 Å². The normalized spacial score (nSPS) is 13.8. The number of anilines is 2. The number of hydrogen-bond donors (Lipinski definition) is 2. The molecule has 2 aromatic heterocycles. The predicted octanol–water partition coefficient (Wildman–Crippen LogP) is 3.54. The molecule has 0 radical (unpaired) electrons. The van der Waals surface area contributed by atoms with Gasteiger partial charge in [0.05, 0.1) is 17.6 Å². The molecule has 3 aromatic rings. The summed E-state index contributed by atoms with van der Waals surface area (Å²) in [6, 6.07) is 4.95. The number of thiophene rings is 1. The Balaban J connectivity index is 1.64. The molecule has 1 aliphatic heterocycles. The van der Waals surface area contributed by atoms with Gasteiger partial charge < -0.3 is 15.5 Å². The minimum Gasteiger partial charge on any atom is -0.337 e. The van der Waals surface area contributed by atoms with E-state index in [1.165, 1.54) is 12.4 Å². The summed E-state index contributed by atoms with van der Waals surface area (Å²) >= 11 is 1.57. The van der Waals surface area contributed by atoms with Gasteiger partial charge in [0.1, 0.15) is 22.8 Å². The maximum atomic E-state index is 14.2. The lowest BCUT2D eigenvalue weighted by molar-refractivity contribution is -0.126. The van der Waals surface area contributed by atoms with Crippen molar-refractivity contribution in [2.45, 2.75) is 19.9 Å². The Kier molecular flexibility index (Phi) is 5.55. The molecule has 0 saturated heterocycles. The van der Waals surface area contributed by atoms with Gasteiger partial charge in [0.2, 0.25) is 5.91 Å². The minimum absolute atomic E-state index is 0.00891. The van der Waals surface area contributed by atoms with Gasteiger partial charge in [-0.2, -0.15) is 0 Å². The van der Waals surface area contributed by atoms with Gasteiger partial charge in [-0.3, -0.25) is 4.79 Å². The van der Waals surface area contributed by atoms with E-state index in [1.807, 2.05) is 24.9 Å². The van der Waals surface area contributed by atoms with Crippen molar-refractivity contribution in [1.29, 1.82) is 0 Å². The average molecular weight is 412 g/mol. The number of rotatable bonds is 5. The summed E-state index contributed by atoms with van der Waals surface area (Å²) < 4.78 is 14.2. The molecule has 150 valence electrons. The number of likely N-dealkylation sites (N-methyl/N-ethyl adjacent to an activating group) is 1. The SMILES string of the molecule is CNC/C=C/C(=O)N1CCc2c(sc3ncnc(Nc4cc(C)ccc4F)c23)C1. The highest BCUT2D eigenvalue weighted by molar-refractivity contribution is 7.19. The third-order valence-corrected chi connectivity index (χ3v) is 6.03. The smallest absolute Gasteiger partial charge is 0.246 e. The van der Waals surface area contributed by atoms with Crippen molar-refractivity contribution in [2.75, 3.05) is 25.5 Å². The Morgan fingerprint density at radius 3 is 3.07 bits per heavy atom. The van der Waals surface area contributed by atoms with Crippen LogP contribution in [0.4, 0.5) is 15.9 Å². The molecule has 0 bridgehead atoms. The number of halogens is 1. The number of carbonyl (C=O) groups excluding carboxylic acids is 1. The molecule has 29 heavy (non-hydrogen) atoms. The first-order chi connectivity index (χ1) is 14.1. The average Bonchev–Trinajstić information content (AvgIpc) is 3.09. The number of benzene rings is 1. The Labute approximate surface area is 172 Å². The first-order valence-electron chi connectivity index (χ1n) is 9.45. The number of amides is 1. The van der Waals surface area contributed by atoms with E-state index in [-0.39, 0.29) is 11.7 Å². The zero-order valence-corrected chi connectivity index (χ0v) is 17.1. The lowest BCUT2D eigenvalue weighted by Crippen LogP contribution is -2.34. The van der Waals surface area contributed by atoms with Crippen LogP contribution in [-0.4, -0.2) is 40.9 Å². The number of aromatic nitrogens is 2. The molecule has 0 aliphatic carbocycles. The lowest BCUT2D eigenvalue weighted by Gasteiger charge is -2.26. The maximum absolute atomic E-state index is 14.2. The quantitative estimate of drug-likeness (QED) is 0.629. The van der Waals surface area contributed by atoms with Gasteiger partial charge >= 0.3 is 0 Å². The fraction of sp³-hybridized carbons (Fsp3) is 0.286. The first-order valence-corrected chi connectivity index (χ1v) is 10.3. The Morgan fingerprint density at radius 1 is 1.38 bits per heavy atom.